The van der Waals surface area contributed by atoms with Gasteiger partial charge in [0.15, 0.2) is 9.84 Å². The molecule has 0 aromatic rings. The van der Waals surface area contributed by atoms with E-state index in [1.807, 2.05) is 0 Å². The van der Waals surface area contributed by atoms with E-state index in [2.05, 4.69) is 17.1 Å². The predicted octanol–water partition coefficient (Wildman–Crippen LogP) is 0.107. The molecule has 1 saturated heterocycles. The normalized spacial score (nSPS) is 22.5. The zero-order valence-corrected chi connectivity index (χ0v) is 10.4. The quantitative estimate of drug-likeness (QED) is 0.686. The minimum absolute atomic E-state index is 0.334. The lowest BCUT2D eigenvalue weighted by atomic mass is 10.4. The average Bonchev–Trinajstić information content (AvgIpc) is 2.35. The van der Waals surface area contributed by atoms with Gasteiger partial charge in [0.2, 0.25) is 0 Å². The molecule has 0 aliphatic carbocycles. The van der Waals surface area contributed by atoms with Crippen molar-refractivity contribution in [2.75, 3.05) is 44.2 Å². The lowest BCUT2D eigenvalue weighted by molar-refractivity contribution is 0.294. The Labute approximate surface area is 93.0 Å². The standard InChI is InChI=1S/C10H22N2O2S/c1-2-4-11-5-7-12-6-3-9-15(13,14)10-8-12/h11H,2-10H2,1H3. The first kappa shape index (κ1) is 12.9. The lowest BCUT2D eigenvalue weighted by Gasteiger charge is -2.18. The highest BCUT2D eigenvalue weighted by atomic mass is 32.2. The van der Waals surface area contributed by atoms with Crippen LogP contribution in [0.15, 0.2) is 0 Å². The van der Waals surface area contributed by atoms with Crippen molar-refractivity contribution in [3.05, 3.63) is 0 Å². The summed E-state index contributed by atoms with van der Waals surface area (Å²) in [5, 5.41) is 3.33. The van der Waals surface area contributed by atoms with Crippen LogP contribution in [0.1, 0.15) is 19.8 Å². The van der Waals surface area contributed by atoms with Crippen LogP contribution in [0.2, 0.25) is 0 Å². The summed E-state index contributed by atoms with van der Waals surface area (Å²) in [4.78, 5) is 2.24. The minimum atomic E-state index is -2.75. The first-order valence-corrected chi connectivity index (χ1v) is 7.59. The van der Waals surface area contributed by atoms with E-state index >= 15 is 0 Å². The molecule has 1 N–H and O–H groups in total. The van der Waals surface area contributed by atoms with Gasteiger partial charge < -0.3 is 10.2 Å². The molecule has 1 aliphatic heterocycles. The Hall–Kier alpha value is -0.130. The fourth-order valence-corrected chi connectivity index (χ4v) is 3.06. The van der Waals surface area contributed by atoms with Crippen LogP contribution in [0.25, 0.3) is 0 Å². The highest BCUT2D eigenvalue weighted by molar-refractivity contribution is 7.91. The molecule has 0 bridgehead atoms. The van der Waals surface area contributed by atoms with Crippen molar-refractivity contribution < 1.29 is 8.42 Å². The third-order valence-electron chi connectivity index (χ3n) is 2.68. The van der Waals surface area contributed by atoms with Gasteiger partial charge in [-0.2, -0.15) is 0 Å². The maximum atomic E-state index is 11.4. The number of sulfone groups is 1. The van der Waals surface area contributed by atoms with Gasteiger partial charge in [-0.05, 0) is 25.9 Å². The molecule has 0 radical (unpaired) electrons. The van der Waals surface area contributed by atoms with E-state index < -0.39 is 9.84 Å². The van der Waals surface area contributed by atoms with Gasteiger partial charge in [0.05, 0.1) is 11.5 Å². The summed E-state index contributed by atoms with van der Waals surface area (Å²) in [6.45, 7) is 6.75. The Kier molecular flexibility index (Phi) is 5.56. The maximum Gasteiger partial charge on any atom is 0.151 e. The number of rotatable bonds is 5. The third-order valence-corrected chi connectivity index (χ3v) is 4.40. The number of hydrogen-bond donors (Lipinski definition) is 1. The molecular formula is C10H22N2O2S. The van der Waals surface area contributed by atoms with Crippen LogP contribution in [0.3, 0.4) is 0 Å². The molecule has 1 heterocycles. The first-order chi connectivity index (χ1) is 7.14. The van der Waals surface area contributed by atoms with Crippen molar-refractivity contribution in [3.63, 3.8) is 0 Å². The van der Waals surface area contributed by atoms with E-state index in [4.69, 9.17) is 0 Å². The Morgan fingerprint density at radius 2 is 2.00 bits per heavy atom. The van der Waals surface area contributed by atoms with Crippen molar-refractivity contribution in [2.24, 2.45) is 0 Å². The molecule has 0 aromatic heterocycles. The first-order valence-electron chi connectivity index (χ1n) is 5.77. The Morgan fingerprint density at radius 1 is 1.20 bits per heavy atom. The summed E-state index contributed by atoms with van der Waals surface area (Å²) in [5.74, 6) is 0.701. The zero-order valence-electron chi connectivity index (χ0n) is 9.54. The zero-order chi connectivity index (χ0) is 11.1. The van der Waals surface area contributed by atoms with Gasteiger partial charge in [0, 0.05) is 19.6 Å². The number of nitrogens with one attached hydrogen (secondary N) is 1. The highest BCUT2D eigenvalue weighted by Crippen LogP contribution is 2.03. The summed E-state index contributed by atoms with van der Waals surface area (Å²) >= 11 is 0. The molecule has 5 heteroatoms. The van der Waals surface area contributed by atoms with Crippen molar-refractivity contribution in [1.29, 1.82) is 0 Å². The molecule has 0 atom stereocenters. The Morgan fingerprint density at radius 3 is 2.73 bits per heavy atom. The van der Waals surface area contributed by atoms with Gasteiger partial charge in [0.25, 0.3) is 0 Å². The van der Waals surface area contributed by atoms with Gasteiger partial charge >= 0.3 is 0 Å². The van der Waals surface area contributed by atoms with Crippen LogP contribution in [-0.4, -0.2) is 57.5 Å². The monoisotopic (exact) mass is 234 g/mol. The van der Waals surface area contributed by atoms with Gasteiger partial charge in [-0.25, -0.2) is 8.42 Å². The molecule has 4 nitrogen and oxygen atoms in total. The molecule has 15 heavy (non-hydrogen) atoms. The maximum absolute atomic E-state index is 11.4. The van der Waals surface area contributed by atoms with Crippen LogP contribution in [-0.2, 0) is 9.84 Å². The van der Waals surface area contributed by atoms with Gasteiger partial charge in [-0.3, -0.25) is 0 Å². The molecular weight excluding hydrogens is 212 g/mol. The fraction of sp³-hybridized carbons (Fsp3) is 1.00. The van der Waals surface area contributed by atoms with Crippen molar-refractivity contribution in [1.82, 2.24) is 10.2 Å². The van der Waals surface area contributed by atoms with Crippen LogP contribution >= 0.6 is 0 Å². The summed E-state index contributed by atoms with van der Waals surface area (Å²) in [6, 6.07) is 0. The van der Waals surface area contributed by atoms with E-state index in [0.717, 1.165) is 39.0 Å². The molecule has 1 aliphatic rings. The molecule has 0 saturated carbocycles. The molecule has 0 amide bonds. The van der Waals surface area contributed by atoms with E-state index in [1.165, 1.54) is 0 Å². The van der Waals surface area contributed by atoms with Crippen molar-refractivity contribution >= 4 is 9.84 Å². The fourth-order valence-electron chi connectivity index (χ4n) is 1.75. The second kappa shape index (κ2) is 6.45. The van der Waals surface area contributed by atoms with Crippen LogP contribution in [0.4, 0.5) is 0 Å². The van der Waals surface area contributed by atoms with E-state index in [9.17, 15) is 8.42 Å². The Balaban J connectivity index is 2.20. The molecule has 90 valence electrons. The number of nitrogens with zero attached hydrogens (tertiary/aromatic N) is 1. The second-order valence-corrected chi connectivity index (χ2v) is 6.40. The highest BCUT2D eigenvalue weighted by Gasteiger charge is 2.18. The van der Waals surface area contributed by atoms with Crippen molar-refractivity contribution in [2.45, 2.75) is 19.8 Å². The smallest absolute Gasteiger partial charge is 0.151 e. The van der Waals surface area contributed by atoms with E-state index in [1.54, 1.807) is 0 Å². The molecule has 0 aromatic carbocycles. The topological polar surface area (TPSA) is 49.4 Å². The number of hydrogen-bond acceptors (Lipinski definition) is 4. The third kappa shape index (κ3) is 5.49. The second-order valence-electron chi connectivity index (χ2n) is 4.10. The summed E-state index contributed by atoms with van der Waals surface area (Å²) < 4.78 is 22.7. The van der Waals surface area contributed by atoms with Crippen LogP contribution in [0, 0.1) is 0 Å². The van der Waals surface area contributed by atoms with E-state index in [-0.39, 0.29) is 0 Å². The van der Waals surface area contributed by atoms with E-state index in [0.29, 0.717) is 18.1 Å². The Bertz CT molecular complexity index is 265. The molecule has 0 spiro atoms. The van der Waals surface area contributed by atoms with Crippen molar-refractivity contribution in [3.8, 4) is 0 Å². The van der Waals surface area contributed by atoms with Gasteiger partial charge in [-0.15, -0.1) is 0 Å². The van der Waals surface area contributed by atoms with Crippen LogP contribution < -0.4 is 5.32 Å². The lowest BCUT2D eigenvalue weighted by Crippen LogP contribution is -2.34. The SMILES string of the molecule is CCCNCCN1CCCS(=O)(=O)CC1. The molecule has 1 rings (SSSR count). The van der Waals surface area contributed by atoms with Gasteiger partial charge in [0.1, 0.15) is 0 Å². The summed E-state index contributed by atoms with van der Waals surface area (Å²) in [7, 11) is -2.75. The summed E-state index contributed by atoms with van der Waals surface area (Å²) in [5.41, 5.74) is 0. The average molecular weight is 234 g/mol. The minimum Gasteiger partial charge on any atom is -0.315 e. The largest absolute Gasteiger partial charge is 0.315 e. The van der Waals surface area contributed by atoms with Crippen LogP contribution in [0.5, 0.6) is 0 Å². The summed E-state index contributed by atoms with van der Waals surface area (Å²) in [6.07, 6.45) is 1.94. The predicted molar refractivity (Wildman–Crippen MR) is 62.9 cm³/mol. The molecule has 1 fully saturated rings. The molecule has 0 unspecified atom stereocenters. The van der Waals surface area contributed by atoms with Gasteiger partial charge in [-0.1, -0.05) is 6.92 Å².